The topological polar surface area (TPSA) is 135 Å². The second-order valence-corrected chi connectivity index (χ2v) is 10.1. The van der Waals surface area contributed by atoms with E-state index in [1.165, 1.54) is 41.3 Å². The minimum absolute atomic E-state index is 0.0418. The first-order valence-corrected chi connectivity index (χ1v) is 12.3. The van der Waals surface area contributed by atoms with Crippen molar-refractivity contribution in [1.29, 1.82) is 0 Å². The molecular weight excluding hydrogens is 438 g/mol. The molecule has 1 atom stereocenters. The van der Waals surface area contributed by atoms with E-state index in [0.717, 1.165) is 28.8 Å². The molecule has 2 aromatic rings. The van der Waals surface area contributed by atoms with Crippen LogP contribution < -0.4 is 9.62 Å². The van der Waals surface area contributed by atoms with Gasteiger partial charge in [-0.25, -0.2) is 8.42 Å². The number of nitro groups is 1. The summed E-state index contributed by atoms with van der Waals surface area (Å²) in [6.45, 7) is 3.69. The molecule has 158 valence electrons. The summed E-state index contributed by atoms with van der Waals surface area (Å²) in [6.07, 6.45) is 2.07. The lowest BCUT2D eigenvalue weighted by Crippen LogP contribution is -2.47. The number of thioether (sulfide) groups is 1. The fourth-order valence-electron chi connectivity index (χ4n) is 2.50. The fraction of sp³-hybridized carbons (Fsp3) is 0.438. The average molecular weight is 460 g/mol. The summed E-state index contributed by atoms with van der Waals surface area (Å²) >= 11 is 2.72. The van der Waals surface area contributed by atoms with Crippen LogP contribution in [0.15, 0.2) is 28.6 Å². The highest BCUT2D eigenvalue weighted by Crippen LogP contribution is 2.29. The van der Waals surface area contributed by atoms with Gasteiger partial charge in [-0.1, -0.05) is 43.0 Å². The van der Waals surface area contributed by atoms with E-state index in [0.29, 0.717) is 4.34 Å². The van der Waals surface area contributed by atoms with Crippen LogP contribution in [0.25, 0.3) is 0 Å². The number of nitrogens with zero attached hydrogens (tertiary/aromatic N) is 4. The maximum atomic E-state index is 12.8. The molecule has 1 amide bonds. The Morgan fingerprint density at radius 1 is 1.38 bits per heavy atom. The molecule has 10 nitrogen and oxygen atoms in total. The van der Waals surface area contributed by atoms with Crippen LogP contribution in [0.3, 0.4) is 0 Å². The molecule has 1 N–H and O–H groups in total. The van der Waals surface area contributed by atoms with Gasteiger partial charge in [-0.2, -0.15) is 0 Å². The Hall–Kier alpha value is -2.25. The van der Waals surface area contributed by atoms with Crippen LogP contribution in [0.4, 0.5) is 16.5 Å². The number of hydrogen-bond donors (Lipinski definition) is 1. The van der Waals surface area contributed by atoms with Crippen molar-refractivity contribution in [3.05, 3.63) is 34.4 Å². The Kier molecular flexibility index (Phi) is 7.93. The molecule has 29 heavy (non-hydrogen) atoms. The predicted molar refractivity (Wildman–Crippen MR) is 114 cm³/mol. The smallest absolute Gasteiger partial charge is 0.271 e. The van der Waals surface area contributed by atoms with E-state index in [1.54, 1.807) is 6.92 Å². The summed E-state index contributed by atoms with van der Waals surface area (Å²) in [5, 5.41) is 21.8. The Balaban J connectivity index is 2.31. The van der Waals surface area contributed by atoms with E-state index in [-0.39, 0.29) is 22.9 Å². The van der Waals surface area contributed by atoms with E-state index in [2.05, 4.69) is 15.5 Å². The van der Waals surface area contributed by atoms with Crippen molar-refractivity contribution < 1.29 is 18.1 Å². The zero-order valence-corrected chi connectivity index (χ0v) is 18.5. The first-order valence-electron chi connectivity index (χ1n) is 8.68. The van der Waals surface area contributed by atoms with Crippen LogP contribution in [-0.2, 0) is 14.8 Å². The maximum absolute atomic E-state index is 12.8. The number of nitro benzene ring substituents is 1. The molecule has 0 saturated heterocycles. The second-order valence-electron chi connectivity index (χ2n) is 5.97. The van der Waals surface area contributed by atoms with Crippen LogP contribution in [0.1, 0.15) is 26.7 Å². The van der Waals surface area contributed by atoms with E-state index >= 15 is 0 Å². The highest BCUT2D eigenvalue weighted by molar-refractivity contribution is 8.01. The maximum Gasteiger partial charge on any atom is 0.271 e. The van der Waals surface area contributed by atoms with Crippen LogP contribution in [-0.4, -0.2) is 47.5 Å². The van der Waals surface area contributed by atoms with Gasteiger partial charge in [-0.05, 0) is 18.9 Å². The van der Waals surface area contributed by atoms with E-state index in [4.69, 9.17) is 0 Å². The zero-order valence-electron chi connectivity index (χ0n) is 16.1. The molecule has 0 aliphatic carbocycles. The Morgan fingerprint density at radius 3 is 2.69 bits per heavy atom. The van der Waals surface area contributed by atoms with Crippen molar-refractivity contribution in [2.24, 2.45) is 0 Å². The Bertz CT molecular complexity index is 979. The SMILES string of the molecule is CCCSc1nnc(NC(=O)[C@H](CC)N(c2cccc([N+](=O)[O-])c2)S(C)(=O)=O)s1. The summed E-state index contributed by atoms with van der Waals surface area (Å²) in [4.78, 5) is 23.3. The van der Waals surface area contributed by atoms with Gasteiger partial charge in [0, 0.05) is 17.9 Å². The van der Waals surface area contributed by atoms with E-state index < -0.39 is 26.9 Å². The molecule has 13 heteroatoms. The number of carbonyl (C=O) groups is 1. The number of aromatic nitrogens is 2. The minimum atomic E-state index is -3.90. The predicted octanol–water partition coefficient (Wildman–Crippen LogP) is 3.13. The van der Waals surface area contributed by atoms with Crippen LogP contribution in [0, 0.1) is 10.1 Å². The monoisotopic (exact) mass is 459 g/mol. The standard InChI is InChI=1S/C16H21N5O5S3/c1-4-9-27-16-19-18-15(28-16)17-14(22)13(5-2)20(29(3,25)26)11-7-6-8-12(10-11)21(23)24/h6-8,10,13H,4-5,9H2,1-3H3,(H,17,18,22)/t13-/m0/s1. The molecule has 0 bridgehead atoms. The highest BCUT2D eigenvalue weighted by atomic mass is 32.2. The van der Waals surface area contributed by atoms with Gasteiger partial charge >= 0.3 is 0 Å². The third kappa shape index (κ3) is 6.11. The van der Waals surface area contributed by atoms with Gasteiger partial charge in [0.1, 0.15) is 6.04 Å². The van der Waals surface area contributed by atoms with Crippen molar-refractivity contribution in [3.8, 4) is 0 Å². The number of sulfonamides is 1. The molecule has 0 saturated carbocycles. The molecule has 1 aromatic heterocycles. The molecule has 0 aliphatic heterocycles. The van der Waals surface area contributed by atoms with Crippen molar-refractivity contribution in [3.63, 3.8) is 0 Å². The molecule has 2 rings (SSSR count). The van der Waals surface area contributed by atoms with Gasteiger partial charge < -0.3 is 0 Å². The number of non-ortho nitro benzene ring substituents is 1. The largest absolute Gasteiger partial charge is 0.299 e. The minimum Gasteiger partial charge on any atom is -0.299 e. The molecule has 1 heterocycles. The summed E-state index contributed by atoms with van der Waals surface area (Å²) in [7, 11) is -3.90. The second kappa shape index (κ2) is 9.98. The molecule has 0 spiro atoms. The van der Waals surface area contributed by atoms with Gasteiger partial charge in [-0.15, -0.1) is 10.2 Å². The lowest BCUT2D eigenvalue weighted by atomic mass is 10.2. The number of anilines is 2. The number of amides is 1. The van der Waals surface area contributed by atoms with Crippen molar-refractivity contribution >= 4 is 55.5 Å². The quantitative estimate of drug-likeness (QED) is 0.248. The summed E-state index contributed by atoms with van der Waals surface area (Å²) in [6, 6.07) is 4.05. The summed E-state index contributed by atoms with van der Waals surface area (Å²) < 4.78 is 26.5. The average Bonchev–Trinajstić information content (AvgIpc) is 3.10. The van der Waals surface area contributed by atoms with Crippen LogP contribution >= 0.6 is 23.1 Å². The highest BCUT2D eigenvalue weighted by Gasteiger charge is 2.32. The summed E-state index contributed by atoms with van der Waals surface area (Å²) in [5.74, 6) is 0.280. The van der Waals surface area contributed by atoms with E-state index in [9.17, 15) is 23.3 Å². The lowest BCUT2D eigenvalue weighted by molar-refractivity contribution is -0.384. The fourth-order valence-corrected chi connectivity index (χ4v) is 5.38. The Labute approximate surface area is 176 Å². The van der Waals surface area contributed by atoms with E-state index in [1.807, 2.05) is 6.92 Å². The first kappa shape index (κ1) is 23.0. The molecule has 0 fully saturated rings. The lowest BCUT2D eigenvalue weighted by Gasteiger charge is -2.29. The number of benzene rings is 1. The van der Waals surface area contributed by atoms with Gasteiger partial charge in [0.2, 0.25) is 21.1 Å². The summed E-state index contributed by atoms with van der Waals surface area (Å²) in [5.41, 5.74) is -0.228. The molecule has 1 aromatic carbocycles. The van der Waals surface area contributed by atoms with Crippen molar-refractivity contribution in [1.82, 2.24) is 10.2 Å². The first-order chi connectivity index (χ1) is 13.7. The normalized spacial score (nSPS) is 12.4. The third-order valence-electron chi connectivity index (χ3n) is 3.69. The van der Waals surface area contributed by atoms with Gasteiger partial charge in [-0.3, -0.25) is 24.5 Å². The number of carbonyl (C=O) groups excluding carboxylic acids is 1. The molecule has 0 aliphatic rings. The molecular formula is C16H21N5O5S3. The third-order valence-corrected chi connectivity index (χ3v) is 7.05. The van der Waals surface area contributed by atoms with Gasteiger partial charge in [0.05, 0.1) is 16.9 Å². The number of nitrogens with one attached hydrogen (secondary N) is 1. The van der Waals surface area contributed by atoms with Crippen molar-refractivity contribution in [2.75, 3.05) is 21.6 Å². The van der Waals surface area contributed by atoms with Crippen LogP contribution in [0.2, 0.25) is 0 Å². The number of hydrogen-bond acceptors (Lipinski definition) is 9. The van der Waals surface area contributed by atoms with Gasteiger partial charge in [0.15, 0.2) is 4.34 Å². The van der Waals surface area contributed by atoms with Crippen LogP contribution in [0.5, 0.6) is 0 Å². The number of rotatable bonds is 10. The zero-order chi connectivity index (χ0) is 21.6. The molecule has 0 radical (unpaired) electrons. The Morgan fingerprint density at radius 2 is 2.10 bits per heavy atom. The van der Waals surface area contributed by atoms with Gasteiger partial charge in [0.25, 0.3) is 5.69 Å². The molecule has 0 unspecified atom stereocenters. The van der Waals surface area contributed by atoms with Crippen molar-refractivity contribution in [2.45, 2.75) is 37.1 Å².